The van der Waals surface area contributed by atoms with Crippen molar-refractivity contribution >= 4 is 17.9 Å². The number of carbonyl (C=O) groups excluding carboxylic acids is 3. The van der Waals surface area contributed by atoms with Gasteiger partial charge in [-0.3, -0.25) is 14.4 Å². The summed E-state index contributed by atoms with van der Waals surface area (Å²) in [5.41, 5.74) is 0. The number of allylic oxidation sites excluding steroid dienone is 22. The predicted octanol–water partition coefficient (Wildman–Crippen LogP) is 22.9. The topological polar surface area (TPSA) is 78.9 Å². The Balaban J connectivity index is 4.32. The molecule has 6 nitrogen and oxygen atoms in total. The second-order valence-corrected chi connectivity index (χ2v) is 21.6. The standard InChI is InChI=1S/C74H122O6/c1-4-7-10-13-16-19-22-24-26-28-30-32-34-35-36-37-38-39-41-42-44-46-48-50-52-55-58-61-64-67-73(76)79-70-71(69-78-72(75)66-63-60-57-54-21-18-15-12-9-6-3)80-74(77)68-65-62-59-56-53-51-49-47-45-43-40-33-31-29-27-25-23-20-17-14-11-8-5-2/h7,10,12,15-16,19,23-26,29-32,35-36,38-39,42,44,48,50,71H,4-6,8-9,11,13-14,17-18,20-22,27-28,33-34,37,40-41,43,45-47,49,51-70H2,1-3H3/b10-7-,15-12-,19-16-,25-23-,26-24-,31-29-,32-30-,36-35-,39-38-,44-42-,50-48-. The number of carbonyl (C=O) groups is 3. The summed E-state index contributed by atoms with van der Waals surface area (Å²) in [6.45, 7) is 6.43. The van der Waals surface area contributed by atoms with Gasteiger partial charge >= 0.3 is 17.9 Å². The number of hydrogen-bond donors (Lipinski definition) is 0. The molecular weight excluding hydrogens is 985 g/mol. The third kappa shape index (κ3) is 64.4. The molecule has 0 saturated carbocycles. The number of rotatable bonds is 59. The highest BCUT2D eigenvalue weighted by Gasteiger charge is 2.19. The van der Waals surface area contributed by atoms with Gasteiger partial charge in [0.15, 0.2) is 6.10 Å². The average molecular weight is 1110 g/mol. The van der Waals surface area contributed by atoms with Crippen LogP contribution in [-0.2, 0) is 28.6 Å². The Bertz CT molecular complexity index is 1700. The highest BCUT2D eigenvalue weighted by atomic mass is 16.6. The van der Waals surface area contributed by atoms with Crippen molar-refractivity contribution in [2.24, 2.45) is 0 Å². The van der Waals surface area contributed by atoms with E-state index < -0.39 is 6.10 Å². The van der Waals surface area contributed by atoms with Gasteiger partial charge in [0.2, 0.25) is 0 Å². The van der Waals surface area contributed by atoms with Crippen LogP contribution >= 0.6 is 0 Å². The molecule has 0 radical (unpaired) electrons. The van der Waals surface area contributed by atoms with E-state index in [1.165, 1.54) is 109 Å². The van der Waals surface area contributed by atoms with Gasteiger partial charge in [-0.05, 0) is 135 Å². The summed E-state index contributed by atoms with van der Waals surface area (Å²) in [5.74, 6) is -0.930. The van der Waals surface area contributed by atoms with Gasteiger partial charge in [0, 0.05) is 19.3 Å². The predicted molar refractivity (Wildman–Crippen MR) is 348 cm³/mol. The first-order valence-corrected chi connectivity index (χ1v) is 33.2. The van der Waals surface area contributed by atoms with Gasteiger partial charge < -0.3 is 14.2 Å². The molecule has 0 rings (SSSR count). The molecule has 0 aromatic heterocycles. The molecule has 0 aromatic rings. The van der Waals surface area contributed by atoms with Crippen LogP contribution in [0.15, 0.2) is 134 Å². The van der Waals surface area contributed by atoms with Crippen molar-refractivity contribution in [3.63, 3.8) is 0 Å². The lowest BCUT2D eigenvalue weighted by molar-refractivity contribution is -0.167. The Kier molecular flexibility index (Phi) is 63.3. The van der Waals surface area contributed by atoms with Gasteiger partial charge in [0.05, 0.1) is 0 Å². The number of unbranched alkanes of at least 4 members (excludes halogenated alkanes) is 26. The summed E-state index contributed by atoms with van der Waals surface area (Å²) in [4.78, 5) is 38.3. The number of hydrogen-bond acceptors (Lipinski definition) is 6. The van der Waals surface area contributed by atoms with E-state index in [-0.39, 0.29) is 31.1 Å². The summed E-state index contributed by atoms with van der Waals surface area (Å²) < 4.78 is 16.9. The molecular formula is C74H122O6. The molecule has 0 fully saturated rings. The molecule has 80 heavy (non-hydrogen) atoms. The van der Waals surface area contributed by atoms with E-state index in [0.29, 0.717) is 19.3 Å². The minimum Gasteiger partial charge on any atom is -0.462 e. The van der Waals surface area contributed by atoms with Gasteiger partial charge in [-0.15, -0.1) is 0 Å². The Labute approximate surface area is 494 Å². The molecule has 0 bridgehead atoms. The van der Waals surface area contributed by atoms with Crippen molar-refractivity contribution < 1.29 is 28.6 Å². The molecule has 454 valence electrons. The fourth-order valence-corrected chi connectivity index (χ4v) is 8.90. The average Bonchev–Trinajstić information content (AvgIpc) is 3.46. The molecule has 0 aliphatic carbocycles. The second-order valence-electron chi connectivity index (χ2n) is 21.6. The van der Waals surface area contributed by atoms with Crippen LogP contribution in [0.4, 0.5) is 0 Å². The zero-order valence-corrected chi connectivity index (χ0v) is 52.0. The monoisotopic (exact) mass is 1110 g/mol. The maximum atomic E-state index is 12.9. The first kappa shape index (κ1) is 75.5. The van der Waals surface area contributed by atoms with Gasteiger partial charge in [-0.25, -0.2) is 0 Å². The van der Waals surface area contributed by atoms with Crippen molar-refractivity contribution in [1.82, 2.24) is 0 Å². The lowest BCUT2D eigenvalue weighted by atomic mass is 10.0. The van der Waals surface area contributed by atoms with Crippen molar-refractivity contribution in [2.45, 2.75) is 303 Å². The quantitative estimate of drug-likeness (QED) is 0.0261. The zero-order chi connectivity index (χ0) is 57.8. The SMILES string of the molecule is CC/C=C\C/C=C\C/C=C\C/C=C\C/C=C\C/C=C\C/C=C\C/C=C\CCCCCCC(=O)OCC(COC(=O)CCCCCCC/C=C\CCC)OC(=O)CCCCCCCCCCCCC/C=C\C/C=C\CCCCCCC. The first-order chi connectivity index (χ1) is 39.5. The molecule has 1 unspecified atom stereocenters. The fourth-order valence-electron chi connectivity index (χ4n) is 8.90. The van der Waals surface area contributed by atoms with E-state index in [1.807, 2.05) is 0 Å². The van der Waals surface area contributed by atoms with Crippen LogP contribution in [0.2, 0.25) is 0 Å². The normalized spacial score (nSPS) is 13.0. The summed E-state index contributed by atoms with van der Waals surface area (Å²) in [5, 5.41) is 0. The van der Waals surface area contributed by atoms with Gasteiger partial charge in [-0.1, -0.05) is 276 Å². The largest absolute Gasteiger partial charge is 0.462 e. The molecule has 0 aliphatic rings. The summed E-state index contributed by atoms with van der Waals surface area (Å²) >= 11 is 0. The Hall–Kier alpha value is -4.45. The van der Waals surface area contributed by atoms with E-state index in [2.05, 4.69) is 154 Å². The Morgan fingerprint density at radius 2 is 0.512 bits per heavy atom. The summed E-state index contributed by atoms with van der Waals surface area (Å²) in [7, 11) is 0. The Morgan fingerprint density at radius 3 is 0.825 bits per heavy atom. The molecule has 1 atom stereocenters. The van der Waals surface area contributed by atoms with Crippen molar-refractivity contribution in [3.05, 3.63) is 134 Å². The maximum absolute atomic E-state index is 12.9. The molecule has 0 aromatic carbocycles. The van der Waals surface area contributed by atoms with E-state index >= 15 is 0 Å². The maximum Gasteiger partial charge on any atom is 0.306 e. The third-order valence-corrected chi connectivity index (χ3v) is 13.8. The highest BCUT2D eigenvalue weighted by molar-refractivity contribution is 5.71. The lowest BCUT2D eigenvalue weighted by Crippen LogP contribution is -2.30. The van der Waals surface area contributed by atoms with Crippen molar-refractivity contribution in [1.29, 1.82) is 0 Å². The van der Waals surface area contributed by atoms with Gasteiger partial charge in [0.25, 0.3) is 0 Å². The summed E-state index contributed by atoms with van der Waals surface area (Å²) in [6, 6.07) is 0. The molecule has 0 spiro atoms. The molecule has 0 aliphatic heterocycles. The van der Waals surface area contributed by atoms with E-state index in [4.69, 9.17) is 14.2 Å². The van der Waals surface area contributed by atoms with Gasteiger partial charge in [-0.2, -0.15) is 0 Å². The summed E-state index contributed by atoms with van der Waals surface area (Å²) in [6.07, 6.45) is 94.7. The van der Waals surface area contributed by atoms with E-state index in [0.717, 1.165) is 148 Å². The van der Waals surface area contributed by atoms with Crippen LogP contribution < -0.4 is 0 Å². The molecule has 0 amide bonds. The zero-order valence-electron chi connectivity index (χ0n) is 52.0. The van der Waals surface area contributed by atoms with Gasteiger partial charge in [0.1, 0.15) is 13.2 Å². The number of esters is 3. The minimum atomic E-state index is -0.798. The Morgan fingerprint density at radius 1 is 0.263 bits per heavy atom. The van der Waals surface area contributed by atoms with Crippen LogP contribution in [0.25, 0.3) is 0 Å². The van der Waals surface area contributed by atoms with Crippen LogP contribution in [0.3, 0.4) is 0 Å². The van der Waals surface area contributed by atoms with Crippen molar-refractivity contribution in [3.8, 4) is 0 Å². The smallest absolute Gasteiger partial charge is 0.306 e. The minimum absolute atomic E-state index is 0.0942. The second kappa shape index (κ2) is 67.1. The van der Waals surface area contributed by atoms with Crippen LogP contribution in [0.5, 0.6) is 0 Å². The van der Waals surface area contributed by atoms with Crippen LogP contribution in [0.1, 0.15) is 297 Å². The van der Waals surface area contributed by atoms with E-state index in [1.54, 1.807) is 0 Å². The van der Waals surface area contributed by atoms with Crippen LogP contribution in [0, 0.1) is 0 Å². The molecule has 0 saturated heterocycles. The molecule has 0 N–H and O–H groups in total. The third-order valence-electron chi connectivity index (χ3n) is 13.8. The highest BCUT2D eigenvalue weighted by Crippen LogP contribution is 2.15. The first-order valence-electron chi connectivity index (χ1n) is 33.2. The van der Waals surface area contributed by atoms with Crippen molar-refractivity contribution in [2.75, 3.05) is 13.2 Å². The number of ether oxygens (including phenoxy) is 3. The molecule has 0 heterocycles. The molecule has 6 heteroatoms. The van der Waals surface area contributed by atoms with Crippen LogP contribution in [-0.4, -0.2) is 37.2 Å². The lowest BCUT2D eigenvalue weighted by Gasteiger charge is -2.18. The van der Waals surface area contributed by atoms with E-state index in [9.17, 15) is 14.4 Å². The fraction of sp³-hybridized carbons (Fsp3) is 0.662.